The maximum Gasteiger partial charge on any atom is 0.272 e. The van der Waals surface area contributed by atoms with Crippen LogP contribution in [-0.4, -0.2) is 45.0 Å². The number of aromatic nitrogens is 2. The number of hydrogen-bond acceptors (Lipinski definition) is 4. The fourth-order valence-electron chi connectivity index (χ4n) is 4.00. The maximum atomic E-state index is 13.1. The molecule has 176 valence electrons. The van der Waals surface area contributed by atoms with E-state index in [1.54, 1.807) is 16.5 Å². The number of nitrogens with one attached hydrogen (secondary N) is 2. The van der Waals surface area contributed by atoms with Crippen LogP contribution in [-0.2, 0) is 17.9 Å². The van der Waals surface area contributed by atoms with Crippen LogP contribution in [0.1, 0.15) is 58.4 Å². The topological polar surface area (TPSA) is 96.3 Å². The van der Waals surface area contributed by atoms with Gasteiger partial charge in [-0.25, -0.2) is 0 Å². The van der Waals surface area contributed by atoms with Crippen molar-refractivity contribution >= 4 is 17.7 Å². The molecule has 2 heterocycles. The minimum Gasteiger partial charge on any atom is -0.348 e. The summed E-state index contributed by atoms with van der Waals surface area (Å²) in [5.74, 6) is -0.941. The van der Waals surface area contributed by atoms with Crippen LogP contribution < -0.4 is 10.6 Å². The molecule has 3 aromatic rings. The predicted molar refractivity (Wildman–Crippen MR) is 128 cm³/mol. The zero-order chi connectivity index (χ0) is 24.1. The highest BCUT2D eigenvalue weighted by atomic mass is 16.2. The SMILES string of the molecule is C[C@H](NC(=O)c1cc2n(n1)CCCN(Cc1ccccc1)C2=O)C(=O)N[C@@H](C)c1ccccc1. The van der Waals surface area contributed by atoms with E-state index in [0.717, 1.165) is 17.5 Å². The summed E-state index contributed by atoms with van der Waals surface area (Å²) in [5, 5.41) is 9.95. The van der Waals surface area contributed by atoms with Gasteiger partial charge < -0.3 is 15.5 Å². The van der Waals surface area contributed by atoms with Crippen molar-refractivity contribution in [3.8, 4) is 0 Å². The Morgan fingerprint density at radius 1 is 0.971 bits per heavy atom. The number of hydrogen-bond donors (Lipinski definition) is 2. The first-order chi connectivity index (χ1) is 16.4. The molecule has 2 aromatic carbocycles. The molecule has 8 nitrogen and oxygen atoms in total. The van der Waals surface area contributed by atoms with Crippen LogP contribution in [0.3, 0.4) is 0 Å². The molecule has 0 saturated carbocycles. The third kappa shape index (κ3) is 5.33. The first kappa shape index (κ1) is 23.2. The van der Waals surface area contributed by atoms with E-state index < -0.39 is 11.9 Å². The fourth-order valence-corrected chi connectivity index (χ4v) is 4.00. The fraction of sp³-hybridized carbons (Fsp3) is 0.308. The van der Waals surface area contributed by atoms with Crippen LogP contribution in [0, 0.1) is 0 Å². The number of rotatable bonds is 7. The number of carbonyl (C=O) groups excluding carboxylic acids is 3. The van der Waals surface area contributed by atoms with Gasteiger partial charge in [-0.05, 0) is 31.4 Å². The molecule has 1 aromatic heterocycles. The molecule has 0 saturated heterocycles. The van der Waals surface area contributed by atoms with Gasteiger partial charge in [-0.2, -0.15) is 5.10 Å². The highest BCUT2D eigenvalue weighted by Gasteiger charge is 2.27. The quantitative estimate of drug-likeness (QED) is 0.568. The van der Waals surface area contributed by atoms with E-state index in [1.165, 1.54) is 6.07 Å². The highest BCUT2D eigenvalue weighted by molar-refractivity contribution is 5.99. The Labute approximate surface area is 199 Å². The molecule has 8 heteroatoms. The average molecular weight is 460 g/mol. The van der Waals surface area contributed by atoms with Crippen molar-refractivity contribution in [2.75, 3.05) is 6.54 Å². The molecule has 0 aliphatic carbocycles. The van der Waals surface area contributed by atoms with Crippen molar-refractivity contribution < 1.29 is 14.4 Å². The Morgan fingerprint density at radius 3 is 2.35 bits per heavy atom. The lowest BCUT2D eigenvalue weighted by atomic mass is 10.1. The third-order valence-corrected chi connectivity index (χ3v) is 5.93. The van der Waals surface area contributed by atoms with Gasteiger partial charge in [0.05, 0.1) is 6.04 Å². The second kappa shape index (κ2) is 10.3. The summed E-state index contributed by atoms with van der Waals surface area (Å²) in [6.45, 7) is 5.18. The number of fused-ring (bicyclic) bond motifs is 1. The summed E-state index contributed by atoms with van der Waals surface area (Å²) in [6.07, 6.45) is 0.741. The minimum atomic E-state index is -0.759. The zero-order valence-electron chi connectivity index (χ0n) is 19.4. The summed E-state index contributed by atoms with van der Waals surface area (Å²) >= 11 is 0. The van der Waals surface area contributed by atoms with Crippen LogP contribution in [0.25, 0.3) is 0 Å². The Hall–Kier alpha value is -3.94. The van der Waals surface area contributed by atoms with Gasteiger partial charge in [0.15, 0.2) is 5.69 Å². The molecule has 1 aliphatic heterocycles. The van der Waals surface area contributed by atoms with Crippen molar-refractivity contribution in [2.24, 2.45) is 0 Å². The van der Waals surface area contributed by atoms with Crippen LogP contribution in [0.5, 0.6) is 0 Å². The number of aryl methyl sites for hydroxylation is 1. The van der Waals surface area contributed by atoms with Crippen molar-refractivity contribution in [3.05, 3.63) is 89.2 Å². The van der Waals surface area contributed by atoms with Crippen molar-refractivity contribution in [2.45, 2.75) is 45.4 Å². The summed E-state index contributed by atoms with van der Waals surface area (Å²) in [6, 6.07) is 20.0. The number of amides is 3. The first-order valence-electron chi connectivity index (χ1n) is 11.5. The number of benzene rings is 2. The highest BCUT2D eigenvalue weighted by Crippen LogP contribution is 2.17. The average Bonchev–Trinajstić information content (AvgIpc) is 3.22. The Balaban J connectivity index is 1.40. The lowest BCUT2D eigenvalue weighted by Gasteiger charge is -2.20. The molecular weight excluding hydrogens is 430 g/mol. The number of nitrogens with zero attached hydrogens (tertiary/aromatic N) is 3. The molecule has 2 N–H and O–H groups in total. The molecule has 34 heavy (non-hydrogen) atoms. The summed E-state index contributed by atoms with van der Waals surface area (Å²) in [5.41, 5.74) is 2.53. The lowest BCUT2D eigenvalue weighted by Crippen LogP contribution is -2.45. The lowest BCUT2D eigenvalue weighted by molar-refractivity contribution is -0.123. The van der Waals surface area contributed by atoms with Gasteiger partial charge in [-0.3, -0.25) is 19.1 Å². The minimum absolute atomic E-state index is 0.126. The summed E-state index contributed by atoms with van der Waals surface area (Å²) in [7, 11) is 0. The van der Waals surface area contributed by atoms with E-state index in [4.69, 9.17) is 0 Å². The molecule has 0 bridgehead atoms. The predicted octanol–water partition coefficient (Wildman–Crippen LogP) is 2.92. The van der Waals surface area contributed by atoms with Gasteiger partial charge in [-0.15, -0.1) is 0 Å². The van der Waals surface area contributed by atoms with Gasteiger partial charge in [0, 0.05) is 25.7 Å². The molecule has 0 unspecified atom stereocenters. The van der Waals surface area contributed by atoms with E-state index in [1.807, 2.05) is 67.6 Å². The van der Waals surface area contributed by atoms with Gasteiger partial charge in [0.2, 0.25) is 5.91 Å². The number of carbonyl (C=O) groups is 3. The summed E-state index contributed by atoms with van der Waals surface area (Å²) < 4.78 is 1.59. The van der Waals surface area contributed by atoms with Crippen LogP contribution >= 0.6 is 0 Å². The van der Waals surface area contributed by atoms with Gasteiger partial charge in [0.25, 0.3) is 11.8 Å². The van der Waals surface area contributed by atoms with Crippen LogP contribution in [0.15, 0.2) is 66.7 Å². The molecule has 1 aliphatic rings. The smallest absolute Gasteiger partial charge is 0.272 e. The van der Waals surface area contributed by atoms with E-state index in [0.29, 0.717) is 25.3 Å². The van der Waals surface area contributed by atoms with Crippen molar-refractivity contribution in [3.63, 3.8) is 0 Å². The van der Waals surface area contributed by atoms with E-state index in [2.05, 4.69) is 15.7 Å². The monoisotopic (exact) mass is 459 g/mol. The normalized spacial score (nSPS) is 15.1. The summed E-state index contributed by atoms with van der Waals surface area (Å²) in [4.78, 5) is 40.3. The second-order valence-corrected chi connectivity index (χ2v) is 8.54. The van der Waals surface area contributed by atoms with Gasteiger partial charge in [-0.1, -0.05) is 60.7 Å². The maximum absolute atomic E-state index is 13.1. The first-order valence-corrected chi connectivity index (χ1v) is 11.5. The van der Waals surface area contributed by atoms with Crippen LogP contribution in [0.2, 0.25) is 0 Å². The molecular formula is C26H29N5O3. The molecule has 0 spiro atoms. The molecule has 2 atom stereocenters. The van der Waals surface area contributed by atoms with E-state index in [-0.39, 0.29) is 23.6 Å². The molecule has 3 amide bonds. The molecule has 4 rings (SSSR count). The van der Waals surface area contributed by atoms with E-state index in [9.17, 15) is 14.4 Å². The van der Waals surface area contributed by atoms with Crippen LogP contribution in [0.4, 0.5) is 0 Å². The zero-order valence-corrected chi connectivity index (χ0v) is 19.4. The second-order valence-electron chi connectivity index (χ2n) is 8.54. The largest absolute Gasteiger partial charge is 0.348 e. The van der Waals surface area contributed by atoms with Gasteiger partial charge >= 0.3 is 0 Å². The van der Waals surface area contributed by atoms with Crippen molar-refractivity contribution in [1.29, 1.82) is 0 Å². The third-order valence-electron chi connectivity index (χ3n) is 5.93. The van der Waals surface area contributed by atoms with Gasteiger partial charge in [0.1, 0.15) is 11.7 Å². The van der Waals surface area contributed by atoms with E-state index >= 15 is 0 Å². The standard InChI is InChI=1S/C26H29N5O3/c1-18(21-12-7-4-8-13-21)27-24(32)19(2)28-25(33)22-16-23-26(34)30(14-9-15-31(23)29-22)17-20-10-5-3-6-11-20/h3-8,10-13,16,18-19H,9,14-15,17H2,1-2H3,(H,27,32)(H,28,33)/t18-,19-/m0/s1. The molecule has 0 radical (unpaired) electrons. The Morgan fingerprint density at radius 2 is 1.65 bits per heavy atom. The molecule has 0 fully saturated rings. The Kier molecular flexibility index (Phi) is 7.06. The van der Waals surface area contributed by atoms with Crippen molar-refractivity contribution in [1.82, 2.24) is 25.3 Å². The Bertz CT molecular complexity index is 1160.